The lowest BCUT2D eigenvalue weighted by Gasteiger charge is -2.22. The van der Waals surface area contributed by atoms with E-state index in [0.717, 1.165) is 4.90 Å². The molecule has 1 fully saturated rings. The molecule has 2 N–H and O–H groups in total. The first-order valence-corrected chi connectivity index (χ1v) is 9.70. The topological polar surface area (TPSA) is 96.3 Å². The normalized spacial score (nSPS) is 18.1. The number of anilines is 1. The molecule has 0 saturated carbocycles. The summed E-state index contributed by atoms with van der Waals surface area (Å²) in [5.41, 5.74) is -0.523. The van der Waals surface area contributed by atoms with Gasteiger partial charge in [0.15, 0.2) is 0 Å². The molecule has 32 heavy (non-hydrogen) atoms. The molecule has 0 bridgehead atoms. The van der Waals surface area contributed by atoms with Crippen molar-refractivity contribution in [3.63, 3.8) is 0 Å². The van der Waals surface area contributed by atoms with Crippen molar-refractivity contribution in [2.75, 3.05) is 11.9 Å². The number of halogens is 2. The number of urea groups is 1. The number of amides is 4. The van der Waals surface area contributed by atoms with Crippen molar-refractivity contribution in [1.29, 1.82) is 0 Å². The van der Waals surface area contributed by atoms with Crippen LogP contribution in [0.1, 0.15) is 18.2 Å². The van der Waals surface area contributed by atoms with E-state index in [0.29, 0.717) is 11.4 Å². The first-order valence-electron chi connectivity index (χ1n) is 9.70. The summed E-state index contributed by atoms with van der Waals surface area (Å²) in [6, 6.07) is 11.9. The van der Waals surface area contributed by atoms with Crippen LogP contribution in [0, 0.1) is 18.6 Å². The Morgan fingerprint density at radius 3 is 2.50 bits per heavy atom. The molecule has 2 aromatic carbocycles. The van der Waals surface area contributed by atoms with E-state index in [1.54, 1.807) is 19.1 Å². The predicted octanol–water partition coefficient (Wildman–Crippen LogP) is 2.86. The molecule has 2 heterocycles. The fraction of sp³-hybridized carbons (Fsp3) is 0.182. The van der Waals surface area contributed by atoms with Crippen LogP contribution in [0.3, 0.4) is 0 Å². The number of nitrogens with zero attached hydrogens (tertiary/aromatic N) is 3. The standard InChI is InChI=1S/C22H19F2N5O3/c1-13-11-18(29(27-13)15-9-7-14(23)8-10-15)25-19(30)12-28-20(31)22(2,26-21(28)32)16-5-3-4-6-17(16)24/h3-11H,12H2,1-2H3,(H,25,30)(H,26,32). The van der Waals surface area contributed by atoms with E-state index < -0.39 is 41.6 Å². The van der Waals surface area contributed by atoms with E-state index in [9.17, 15) is 23.2 Å². The molecule has 1 aliphatic heterocycles. The van der Waals surface area contributed by atoms with Crippen molar-refractivity contribution in [2.45, 2.75) is 19.4 Å². The Bertz CT molecular complexity index is 1220. The van der Waals surface area contributed by atoms with Gasteiger partial charge >= 0.3 is 6.03 Å². The number of aromatic nitrogens is 2. The first-order chi connectivity index (χ1) is 15.2. The number of hydrogen-bond donors (Lipinski definition) is 2. The lowest BCUT2D eigenvalue weighted by atomic mass is 9.91. The predicted molar refractivity (Wildman–Crippen MR) is 111 cm³/mol. The average molecular weight is 439 g/mol. The van der Waals surface area contributed by atoms with Gasteiger partial charge in [-0.25, -0.2) is 18.3 Å². The Morgan fingerprint density at radius 2 is 1.81 bits per heavy atom. The number of imide groups is 1. The number of rotatable bonds is 5. The molecule has 0 aliphatic carbocycles. The van der Waals surface area contributed by atoms with Crippen molar-refractivity contribution in [2.24, 2.45) is 0 Å². The summed E-state index contributed by atoms with van der Waals surface area (Å²) in [7, 11) is 0. The molecule has 1 unspecified atom stereocenters. The van der Waals surface area contributed by atoms with Crippen LogP contribution in [-0.2, 0) is 15.1 Å². The minimum atomic E-state index is -1.63. The summed E-state index contributed by atoms with van der Waals surface area (Å²) in [6.45, 7) is 2.52. The summed E-state index contributed by atoms with van der Waals surface area (Å²) in [4.78, 5) is 38.8. The van der Waals surface area contributed by atoms with E-state index in [1.165, 1.54) is 54.1 Å². The maximum atomic E-state index is 14.3. The van der Waals surface area contributed by atoms with Crippen LogP contribution in [0.2, 0.25) is 0 Å². The van der Waals surface area contributed by atoms with Crippen LogP contribution in [0.4, 0.5) is 19.4 Å². The number of carbonyl (C=O) groups excluding carboxylic acids is 3. The maximum absolute atomic E-state index is 14.3. The highest BCUT2D eigenvalue weighted by Gasteiger charge is 2.50. The van der Waals surface area contributed by atoms with Crippen molar-refractivity contribution in [1.82, 2.24) is 20.0 Å². The Balaban J connectivity index is 1.53. The number of benzene rings is 2. The molecule has 1 aromatic heterocycles. The molecular formula is C22H19F2N5O3. The zero-order chi connectivity index (χ0) is 23.0. The largest absolute Gasteiger partial charge is 0.325 e. The van der Waals surface area contributed by atoms with Crippen LogP contribution >= 0.6 is 0 Å². The first kappa shape index (κ1) is 21.2. The average Bonchev–Trinajstić information content (AvgIpc) is 3.21. The summed E-state index contributed by atoms with van der Waals surface area (Å²) >= 11 is 0. The number of carbonyl (C=O) groups is 3. The van der Waals surface area contributed by atoms with Crippen molar-refractivity contribution in [3.8, 4) is 5.69 Å². The molecule has 10 heteroatoms. The van der Waals surface area contributed by atoms with Crippen molar-refractivity contribution < 1.29 is 23.2 Å². The van der Waals surface area contributed by atoms with E-state index in [1.807, 2.05) is 0 Å². The van der Waals surface area contributed by atoms with Gasteiger partial charge in [-0.15, -0.1) is 0 Å². The Morgan fingerprint density at radius 1 is 1.12 bits per heavy atom. The number of nitrogens with one attached hydrogen (secondary N) is 2. The highest BCUT2D eigenvalue weighted by Crippen LogP contribution is 2.30. The molecule has 1 atom stereocenters. The molecule has 8 nitrogen and oxygen atoms in total. The molecule has 1 saturated heterocycles. The molecular weight excluding hydrogens is 420 g/mol. The van der Waals surface area contributed by atoms with E-state index in [-0.39, 0.29) is 11.4 Å². The summed E-state index contributed by atoms with van der Waals surface area (Å²) < 4.78 is 28.9. The van der Waals surface area contributed by atoms with Gasteiger partial charge in [0.25, 0.3) is 5.91 Å². The lowest BCUT2D eigenvalue weighted by Crippen LogP contribution is -2.42. The Labute approximate surface area is 181 Å². The van der Waals surface area contributed by atoms with Crippen LogP contribution in [0.15, 0.2) is 54.6 Å². The highest BCUT2D eigenvalue weighted by molar-refractivity contribution is 6.10. The second kappa shape index (κ2) is 7.88. The van der Waals surface area contributed by atoms with Crippen LogP contribution < -0.4 is 10.6 Å². The zero-order valence-electron chi connectivity index (χ0n) is 17.2. The van der Waals surface area contributed by atoms with Gasteiger partial charge in [-0.2, -0.15) is 5.10 Å². The van der Waals surface area contributed by atoms with Crippen LogP contribution in [-0.4, -0.2) is 39.1 Å². The molecule has 1 aliphatic rings. The van der Waals surface area contributed by atoms with Crippen LogP contribution in [0.5, 0.6) is 0 Å². The highest BCUT2D eigenvalue weighted by atomic mass is 19.1. The van der Waals surface area contributed by atoms with Crippen molar-refractivity contribution in [3.05, 3.63) is 77.5 Å². The van der Waals surface area contributed by atoms with Gasteiger partial charge in [0.05, 0.1) is 11.4 Å². The fourth-order valence-electron chi connectivity index (χ4n) is 3.58. The summed E-state index contributed by atoms with van der Waals surface area (Å²) in [5.74, 6) is -2.18. The third-order valence-electron chi connectivity index (χ3n) is 5.16. The smallest absolute Gasteiger partial charge is 0.319 e. The second-order valence-corrected chi connectivity index (χ2v) is 7.53. The van der Waals surface area contributed by atoms with E-state index in [4.69, 9.17) is 0 Å². The van der Waals surface area contributed by atoms with Gasteiger partial charge in [0.1, 0.15) is 29.5 Å². The van der Waals surface area contributed by atoms with Gasteiger partial charge < -0.3 is 10.6 Å². The summed E-state index contributed by atoms with van der Waals surface area (Å²) in [5, 5.41) is 9.35. The van der Waals surface area contributed by atoms with Gasteiger partial charge in [-0.05, 0) is 44.2 Å². The maximum Gasteiger partial charge on any atom is 0.325 e. The molecule has 3 aromatic rings. The molecule has 4 amide bonds. The minimum absolute atomic E-state index is 0.00580. The SMILES string of the molecule is Cc1cc(NC(=O)CN2C(=O)NC(C)(c3ccccc3F)C2=O)n(-c2ccc(F)cc2)n1. The minimum Gasteiger partial charge on any atom is -0.319 e. The van der Waals surface area contributed by atoms with E-state index in [2.05, 4.69) is 15.7 Å². The molecule has 0 radical (unpaired) electrons. The van der Waals surface area contributed by atoms with Gasteiger partial charge in [0, 0.05) is 11.6 Å². The van der Waals surface area contributed by atoms with Gasteiger partial charge in [-0.3, -0.25) is 14.5 Å². The van der Waals surface area contributed by atoms with Gasteiger partial charge in [0.2, 0.25) is 5.91 Å². The zero-order valence-corrected chi connectivity index (χ0v) is 17.2. The molecule has 164 valence electrons. The fourth-order valence-corrected chi connectivity index (χ4v) is 3.58. The monoisotopic (exact) mass is 439 g/mol. The quantitative estimate of drug-likeness (QED) is 0.598. The number of hydrogen-bond acceptors (Lipinski definition) is 4. The number of aryl methyl sites for hydroxylation is 1. The Kier molecular flexibility index (Phi) is 5.21. The molecule has 0 spiro atoms. The van der Waals surface area contributed by atoms with E-state index >= 15 is 0 Å². The Hall–Kier alpha value is -4.08. The summed E-state index contributed by atoms with van der Waals surface area (Å²) in [6.07, 6.45) is 0. The third-order valence-corrected chi connectivity index (χ3v) is 5.16. The third kappa shape index (κ3) is 3.70. The van der Waals surface area contributed by atoms with Crippen molar-refractivity contribution >= 4 is 23.7 Å². The second-order valence-electron chi connectivity index (χ2n) is 7.53. The lowest BCUT2D eigenvalue weighted by molar-refractivity contribution is -0.133. The van der Waals surface area contributed by atoms with Gasteiger partial charge in [-0.1, -0.05) is 18.2 Å². The molecule has 4 rings (SSSR count). The van der Waals surface area contributed by atoms with Crippen LogP contribution in [0.25, 0.3) is 5.69 Å².